The van der Waals surface area contributed by atoms with Crippen molar-refractivity contribution >= 4 is 29.2 Å². The number of aryl methyl sites for hydroxylation is 2. The number of rotatable bonds is 7. The second-order valence-electron chi connectivity index (χ2n) is 12.3. The van der Waals surface area contributed by atoms with Gasteiger partial charge < -0.3 is 39.5 Å². The van der Waals surface area contributed by atoms with Crippen LogP contribution in [0.4, 0.5) is 16.2 Å². The van der Waals surface area contributed by atoms with E-state index in [1.807, 2.05) is 19.9 Å². The van der Waals surface area contributed by atoms with Crippen LogP contribution >= 0.6 is 0 Å². The molecule has 0 bridgehead atoms. The van der Waals surface area contributed by atoms with Gasteiger partial charge in [0.1, 0.15) is 17.1 Å². The molecule has 4 amide bonds. The molecule has 3 N–H and O–H groups in total. The third-order valence-corrected chi connectivity index (χ3v) is 8.41. The summed E-state index contributed by atoms with van der Waals surface area (Å²) in [6, 6.07) is 13.0. The summed E-state index contributed by atoms with van der Waals surface area (Å²) in [5.74, 6) is 0.0416. The van der Waals surface area contributed by atoms with Crippen LogP contribution < -0.4 is 15.4 Å². The average molecular weight is 650 g/mol. The molecule has 0 fully saturated rings. The van der Waals surface area contributed by atoms with Gasteiger partial charge in [-0.15, -0.1) is 0 Å². The van der Waals surface area contributed by atoms with Crippen molar-refractivity contribution in [3.8, 4) is 5.75 Å². The molecule has 254 valence electrons. The monoisotopic (exact) mass is 649 g/mol. The Morgan fingerprint density at radius 3 is 2.53 bits per heavy atom. The maximum atomic E-state index is 14.3. The fourth-order valence-electron chi connectivity index (χ4n) is 5.47. The van der Waals surface area contributed by atoms with Crippen molar-refractivity contribution in [3.63, 3.8) is 0 Å². The normalized spacial score (nSPS) is 19.9. The minimum absolute atomic E-state index is 0.188. The van der Waals surface area contributed by atoms with E-state index in [4.69, 9.17) is 14.0 Å². The molecule has 12 nitrogen and oxygen atoms in total. The Balaban J connectivity index is 1.60. The summed E-state index contributed by atoms with van der Waals surface area (Å²) in [5, 5.41) is 19.9. The molecular formula is C35H47N5O7. The first-order chi connectivity index (χ1) is 22.5. The van der Waals surface area contributed by atoms with E-state index in [1.165, 1.54) is 0 Å². The van der Waals surface area contributed by atoms with Gasteiger partial charge in [0.25, 0.3) is 11.8 Å². The van der Waals surface area contributed by atoms with Crippen molar-refractivity contribution in [3.05, 3.63) is 71.1 Å². The van der Waals surface area contributed by atoms with Crippen LogP contribution in [0.3, 0.4) is 0 Å². The maximum Gasteiger partial charge on any atom is 0.321 e. The van der Waals surface area contributed by atoms with E-state index in [-0.39, 0.29) is 55.1 Å². The molecule has 2 heterocycles. The molecule has 2 aromatic carbocycles. The molecule has 0 radical (unpaired) electrons. The molecule has 12 heteroatoms. The van der Waals surface area contributed by atoms with Gasteiger partial charge in [-0.25, -0.2) is 4.79 Å². The number of aliphatic hydroxyl groups excluding tert-OH is 1. The van der Waals surface area contributed by atoms with Crippen molar-refractivity contribution in [1.82, 2.24) is 15.0 Å². The number of aromatic nitrogens is 1. The van der Waals surface area contributed by atoms with Gasteiger partial charge in [0, 0.05) is 43.9 Å². The Morgan fingerprint density at radius 2 is 1.85 bits per heavy atom. The largest absolute Gasteiger partial charge is 0.490 e. The summed E-state index contributed by atoms with van der Waals surface area (Å²) in [4.78, 5) is 43.6. The smallest absolute Gasteiger partial charge is 0.321 e. The molecule has 0 saturated heterocycles. The topological polar surface area (TPSA) is 146 Å². The molecule has 4 rings (SSSR count). The Bertz CT molecular complexity index is 1490. The quantitative estimate of drug-likeness (QED) is 0.304. The first-order valence-electron chi connectivity index (χ1n) is 16.1. The van der Waals surface area contributed by atoms with E-state index in [0.29, 0.717) is 40.7 Å². The van der Waals surface area contributed by atoms with E-state index >= 15 is 0 Å². The Labute approximate surface area is 276 Å². The van der Waals surface area contributed by atoms with Crippen LogP contribution in [0.2, 0.25) is 0 Å². The van der Waals surface area contributed by atoms with Gasteiger partial charge in [-0.2, -0.15) is 0 Å². The molecule has 0 unspecified atom stereocenters. The maximum absolute atomic E-state index is 14.3. The number of benzene rings is 2. The van der Waals surface area contributed by atoms with Crippen molar-refractivity contribution in [2.45, 2.75) is 72.1 Å². The van der Waals surface area contributed by atoms with E-state index in [1.54, 1.807) is 80.1 Å². The number of carbonyl (C=O) groups is 3. The fourth-order valence-corrected chi connectivity index (χ4v) is 5.47. The van der Waals surface area contributed by atoms with Crippen molar-refractivity contribution < 1.29 is 33.5 Å². The first-order valence-corrected chi connectivity index (χ1v) is 16.1. The summed E-state index contributed by atoms with van der Waals surface area (Å²) >= 11 is 0. The number of fused-ring (bicyclic) bond motifs is 1. The van der Waals surface area contributed by atoms with Gasteiger partial charge in [-0.1, -0.05) is 30.3 Å². The third kappa shape index (κ3) is 9.32. The fraction of sp³-hybridized carbons (Fsp3) is 0.486. The first kappa shape index (κ1) is 35.4. The molecule has 0 saturated carbocycles. The highest BCUT2D eigenvalue weighted by Gasteiger charge is 2.31. The van der Waals surface area contributed by atoms with E-state index < -0.39 is 12.1 Å². The summed E-state index contributed by atoms with van der Waals surface area (Å²) in [6.45, 7) is 9.90. The minimum Gasteiger partial charge on any atom is -0.490 e. The number of hydrogen-bond donors (Lipinski definition) is 3. The van der Waals surface area contributed by atoms with Gasteiger partial charge in [-0.05, 0) is 77.3 Å². The number of ether oxygens (including phenoxy) is 2. The Hall–Kier alpha value is -4.42. The lowest BCUT2D eigenvalue weighted by Gasteiger charge is -2.35. The molecule has 47 heavy (non-hydrogen) atoms. The third-order valence-electron chi connectivity index (χ3n) is 8.41. The highest BCUT2D eigenvalue weighted by molar-refractivity contribution is 6.05. The van der Waals surface area contributed by atoms with Crippen LogP contribution in [0.25, 0.3) is 0 Å². The van der Waals surface area contributed by atoms with Gasteiger partial charge in [0.05, 0.1) is 30.4 Å². The molecule has 1 aromatic heterocycles. The van der Waals surface area contributed by atoms with E-state index in [9.17, 15) is 19.5 Å². The number of hydrogen-bond acceptors (Lipinski definition) is 8. The summed E-state index contributed by atoms with van der Waals surface area (Å²) in [6.07, 6.45) is 1.77. The lowest BCUT2D eigenvalue weighted by molar-refractivity contribution is -0.0115. The van der Waals surface area contributed by atoms with Gasteiger partial charge >= 0.3 is 6.03 Å². The molecular weight excluding hydrogens is 602 g/mol. The van der Waals surface area contributed by atoms with Crippen LogP contribution in [0.5, 0.6) is 5.75 Å². The number of nitrogens with one attached hydrogen (secondary N) is 2. The zero-order valence-corrected chi connectivity index (χ0v) is 28.1. The number of amides is 4. The zero-order valence-electron chi connectivity index (χ0n) is 28.1. The number of anilines is 2. The van der Waals surface area contributed by atoms with Crippen LogP contribution in [-0.2, 0) is 4.74 Å². The second kappa shape index (κ2) is 16.4. The van der Waals surface area contributed by atoms with Crippen molar-refractivity contribution in [2.75, 3.05) is 44.0 Å². The van der Waals surface area contributed by atoms with Gasteiger partial charge in [-0.3, -0.25) is 9.59 Å². The number of likely N-dealkylation sites (N-methyl/N-ethyl adjacent to an activating group) is 1. The minimum atomic E-state index is -0.535. The SMILES string of the molecule is Cc1noc(C)c1NC(=O)N(C)C[C@@H]1OCCCC[C@H](C)Oc2ccc(NC(=O)c3ccccc3)cc2C(=O)N([C@H](C)CO)C[C@H]1C. The van der Waals surface area contributed by atoms with Crippen LogP contribution in [0.1, 0.15) is 72.2 Å². The van der Waals surface area contributed by atoms with Crippen LogP contribution in [0, 0.1) is 19.8 Å². The summed E-state index contributed by atoms with van der Waals surface area (Å²) in [5.41, 5.74) is 2.33. The predicted octanol–water partition coefficient (Wildman–Crippen LogP) is 5.50. The Morgan fingerprint density at radius 1 is 1.11 bits per heavy atom. The summed E-state index contributed by atoms with van der Waals surface area (Å²) < 4.78 is 17.8. The zero-order chi connectivity index (χ0) is 34.1. The Kier molecular flexibility index (Phi) is 12.4. The highest BCUT2D eigenvalue weighted by atomic mass is 16.5. The number of carbonyl (C=O) groups excluding carboxylic acids is 3. The summed E-state index contributed by atoms with van der Waals surface area (Å²) in [7, 11) is 1.69. The molecule has 1 aliphatic heterocycles. The highest BCUT2D eigenvalue weighted by Crippen LogP contribution is 2.29. The molecule has 0 aliphatic carbocycles. The number of nitrogens with zero attached hydrogens (tertiary/aromatic N) is 3. The lowest BCUT2D eigenvalue weighted by atomic mass is 10.0. The molecule has 0 spiro atoms. The number of urea groups is 1. The van der Waals surface area contributed by atoms with Crippen molar-refractivity contribution in [2.24, 2.45) is 5.92 Å². The van der Waals surface area contributed by atoms with Gasteiger partial charge in [0.15, 0.2) is 5.76 Å². The molecule has 3 aromatic rings. The van der Waals surface area contributed by atoms with Crippen molar-refractivity contribution in [1.29, 1.82) is 0 Å². The second-order valence-corrected chi connectivity index (χ2v) is 12.3. The van der Waals surface area contributed by atoms with Crippen LogP contribution in [-0.4, -0.2) is 89.5 Å². The van der Waals surface area contributed by atoms with E-state index in [0.717, 1.165) is 19.3 Å². The average Bonchev–Trinajstić information content (AvgIpc) is 3.38. The standard InChI is InChI=1S/C35H47N5O7/c1-22-19-40(23(2)21-41)34(43)29-18-28(36-33(42)27-13-8-7-9-14-27)15-16-30(29)46-24(3)12-10-11-17-45-31(22)20-39(6)35(44)37-32-25(4)38-47-26(32)5/h7-9,13-16,18,22-24,31,41H,10-12,17,19-21H2,1-6H3,(H,36,42)(H,37,44)/t22-,23-,24+,31+/m1/s1. The molecule has 1 aliphatic rings. The lowest BCUT2D eigenvalue weighted by Crippen LogP contribution is -2.48. The predicted molar refractivity (Wildman–Crippen MR) is 179 cm³/mol. The number of aliphatic hydroxyl groups is 1. The molecule has 4 atom stereocenters. The van der Waals surface area contributed by atoms with Crippen LogP contribution in [0.15, 0.2) is 53.1 Å². The van der Waals surface area contributed by atoms with E-state index in [2.05, 4.69) is 15.8 Å². The van der Waals surface area contributed by atoms with Gasteiger partial charge in [0.2, 0.25) is 0 Å².